The van der Waals surface area contributed by atoms with Crippen molar-refractivity contribution in [2.45, 2.75) is 13.2 Å². The van der Waals surface area contributed by atoms with Gasteiger partial charge in [-0.3, -0.25) is 4.79 Å². The van der Waals surface area contributed by atoms with Crippen LogP contribution in [0.2, 0.25) is 0 Å². The molecular formula is C8H13NO4. The summed E-state index contributed by atoms with van der Waals surface area (Å²) in [6, 6.07) is 0. The van der Waals surface area contributed by atoms with Crippen molar-refractivity contribution < 1.29 is 19.1 Å². The SMILES string of the molecule is C=C(C)C(=O)NC(OC)C(=O)OC. The molecule has 0 bridgehead atoms. The maximum absolute atomic E-state index is 11.0. The molecule has 1 unspecified atom stereocenters. The predicted octanol–water partition coefficient (Wildman–Crippen LogP) is -0.176. The summed E-state index contributed by atoms with van der Waals surface area (Å²) < 4.78 is 9.05. The number of esters is 1. The molecule has 1 amide bonds. The molecule has 5 nitrogen and oxygen atoms in total. The van der Waals surface area contributed by atoms with Crippen molar-refractivity contribution in [2.75, 3.05) is 14.2 Å². The van der Waals surface area contributed by atoms with Gasteiger partial charge in [0.05, 0.1) is 7.11 Å². The monoisotopic (exact) mass is 187 g/mol. The number of methoxy groups -OCH3 is 2. The summed E-state index contributed by atoms with van der Waals surface area (Å²) in [6.45, 7) is 4.93. The fourth-order valence-corrected chi connectivity index (χ4v) is 0.563. The average Bonchev–Trinajstić information content (AvgIpc) is 2.12. The van der Waals surface area contributed by atoms with E-state index in [2.05, 4.69) is 21.4 Å². The van der Waals surface area contributed by atoms with Crippen molar-refractivity contribution in [3.8, 4) is 0 Å². The normalized spacial score (nSPS) is 11.6. The molecule has 0 aromatic heterocycles. The number of ether oxygens (including phenoxy) is 2. The van der Waals surface area contributed by atoms with E-state index >= 15 is 0 Å². The molecule has 0 fully saturated rings. The van der Waals surface area contributed by atoms with Crippen molar-refractivity contribution in [1.82, 2.24) is 5.32 Å². The lowest BCUT2D eigenvalue weighted by atomic mass is 10.3. The van der Waals surface area contributed by atoms with Gasteiger partial charge in [0.15, 0.2) is 0 Å². The van der Waals surface area contributed by atoms with Gasteiger partial charge in [0.1, 0.15) is 0 Å². The summed E-state index contributed by atoms with van der Waals surface area (Å²) in [5.74, 6) is -1.10. The van der Waals surface area contributed by atoms with Gasteiger partial charge < -0.3 is 14.8 Å². The van der Waals surface area contributed by atoms with E-state index in [9.17, 15) is 9.59 Å². The molecule has 0 spiro atoms. The predicted molar refractivity (Wildman–Crippen MR) is 45.8 cm³/mol. The smallest absolute Gasteiger partial charge is 0.356 e. The molecule has 0 rings (SSSR count). The van der Waals surface area contributed by atoms with E-state index in [1.807, 2.05) is 0 Å². The summed E-state index contributed by atoms with van der Waals surface area (Å²) >= 11 is 0. The molecule has 0 aromatic carbocycles. The van der Waals surface area contributed by atoms with Crippen LogP contribution < -0.4 is 5.32 Å². The van der Waals surface area contributed by atoms with E-state index in [4.69, 9.17) is 0 Å². The highest BCUT2D eigenvalue weighted by Crippen LogP contribution is 1.92. The lowest BCUT2D eigenvalue weighted by molar-refractivity contribution is -0.156. The van der Waals surface area contributed by atoms with E-state index in [-0.39, 0.29) is 0 Å². The highest BCUT2D eigenvalue weighted by atomic mass is 16.6. The van der Waals surface area contributed by atoms with Gasteiger partial charge in [0.25, 0.3) is 0 Å². The minimum absolute atomic E-state index is 0.297. The largest absolute Gasteiger partial charge is 0.466 e. The molecule has 74 valence electrons. The number of carbonyl (C=O) groups excluding carboxylic acids is 2. The van der Waals surface area contributed by atoms with Crippen LogP contribution >= 0.6 is 0 Å². The Kier molecular flexibility index (Phi) is 4.76. The zero-order chi connectivity index (χ0) is 10.4. The molecule has 0 saturated heterocycles. The first kappa shape index (κ1) is 11.6. The van der Waals surface area contributed by atoms with E-state index in [1.165, 1.54) is 21.1 Å². The van der Waals surface area contributed by atoms with Gasteiger partial charge >= 0.3 is 5.97 Å². The zero-order valence-corrected chi connectivity index (χ0v) is 7.92. The van der Waals surface area contributed by atoms with Gasteiger partial charge in [-0.1, -0.05) is 6.58 Å². The van der Waals surface area contributed by atoms with Crippen LogP contribution in [0.1, 0.15) is 6.92 Å². The molecule has 1 atom stereocenters. The van der Waals surface area contributed by atoms with Crippen molar-refractivity contribution in [2.24, 2.45) is 0 Å². The van der Waals surface area contributed by atoms with Crippen molar-refractivity contribution in [3.05, 3.63) is 12.2 Å². The second-order valence-electron chi connectivity index (χ2n) is 2.39. The summed E-state index contributed by atoms with van der Waals surface area (Å²) in [4.78, 5) is 21.9. The third kappa shape index (κ3) is 3.71. The van der Waals surface area contributed by atoms with Gasteiger partial charge in [-0.05, 0) is 6.92 Å². The van der Waals surface area contributed by atoms with E-state index in [1.54, 1.807) is 0 Å². The molecule has 0 aliphatic carbocycles. The highest BCUT2D eigenvalue weighted by Gasteiger charge is 2.20. The third-order valence-corrected chi connectivity index (χ3v) is 1.30. The first-order chi connectivity index (χ1) is 6.02. The molecule has 0 aliphatic heterocycles. The molecule has 0 radical (unpaired) electrons. The standard InChI is InChI=1S/C8H13NO4/c1-5(2)6(10)9-7(12-3)8(11)13-4/h7H,1H2,2-4H3,(H,9,10). The van der Waals surface area contributed by atoms with Crippen LogP contribution in [0.25, 0.3) is 0 Å². The van der Waals surface area contributed by atoms with Gasteiger partial charge in [0.2, 0.25) is 12.1 Å². The van der Waals surface area contributed by atoms with Crippen LogP contribution in [0.15, 0.2) is 12.2 Å². The van der Waals surface area contributed by atoms with Crippen molar-refractivity contribution in [3.63, 3.8) is 0 Å². The second kappa shape index (κ2) is 5.31. The Balaban J connectivity index is 4.21. The molecule has 1 N–H and O–H groups in total. The molecule has 5 heteroatoms. The van der Waals surface area contributed by atoms with E-state index in [0.29, 0.717) is 5.57 Å². The minimum atomic E-state index is -1.07. The second-order valence-corrected chi connectivity index (χ2v) is 2.39. The maximum Gasteiger partial charge on any atom is 0.356 e. The Morgan fingerprint density at radius 3 is 2.23 bits per heavy atom. The Labute approximate surface area is 76.7 Å². The Bertz CT molecular complexity index is 224. The van der Waals surface area contributed by atoms with Gasteiger partial charge in [-0.2, -0.15) is 0 Å². The average molecular weight is 187 g/mol. The van der Waals surface area contributed by atoms with E-state index in [0.717, 1.165) is 0 Å². The van der Waals surface area contributed by atoms with Crippen LogP contribution in [0.4, 0.5) is 0 Å². The Hall–Kier alpha value is -1.36. The fraction of sp³-hybridized carbons (Fsp3) is 0.500. The van der Waals surface area contributed by atoms with Gasteiger partial charge in [0, 0.05) is 12.7 Å². The highest BCUT2D eigenvalue weighted by molar-refractivity contribution is 5.94. The number of hydrogen-bond acceptors (Lipinski definition) is 4. The summed E-state index contributed by atoms with van der Waals surface area (Å²) in [7, 11) is 2.50. The third-order valence-electron chi connectivity index (χ3n) is 1.30. The lowest BCUT2D eigenvalue weighted by Crippen LogP contribution is -2.42. The molecule has 0 heterocycles. The maximum atomic E-state index is 11.0. The van der Waals surface area contributed by atoms with Gasteiger partial charge in [-0.15, -0.1) is 0 Å². The topological polar surface area (TPSA) is 64.6 Å². The van der Waals surface area contributed by atoms with Crippen molar-refractivity contribution >= 4 is 11.9 Å². The van der Waals surface area contributed by atoms with Crippen molar-refractivity contribution in [1.29, 1.82) is 0 Å². The van der Waals surface area contributed by atoms with Crippen LogP contribution in [-0.4, -0.2) is 32.3 Å². The van der Waals surface area contributed by atoms with Crippen LogP contribution in [0.3, 0.4) is 0 Å². The first-order valence-corrected chi connectivity index (χ1v) is 3.60. The number of carbonyl (C=O) groups is 2. The molecule has 13 heavy (non-hydrogen) atoms. The number of amides is 1. The fourth-order valence-electron chi connectivity index (χ4n) is 0.563. The Morgan fingerprint density at radius 2 is 1.92 bits per heavy atom. The summed E-state index contributed by atoms with van der Waals surface area (Å²) in [6.07, 6.45) is -1.07. The molecule has 0 saturated carbocycles. The van der Waals surface area contributed by atoms with Crippen LogP contribution in [-0.2, 0) is 19.1 Å². The summed E-state index contributed by atoms with van der Waals surface area (Å²) in [5, 5.41) is 2.28. The summed E-state index contributed by atoms with van der Waals surface area (Å²) in [5.41, 5.74) is 0.297. The molecule has 0 aromatic rings. The number of hydrogen-bond donors (Lipinski definition) is 1. The van der Waals surface area contributed by atoms with Gasteiger partial charge in [-0.25, -0.2) is 4.79 Å². The zero-order valence-electron chi connectivity index (χ0n) is 7.92. The molecule has 0 aliphatic rings. The quantitative estimate of drug-likeness (QED) is 0.377. The van der Waals surface area contributed by atoms with E-state index < -0.39 is 18.1 Å². The molecular weight excluding hydrogens is 174 g/mol. The Morgan fingerprint density at radius 1 is 1.38 bits per heavy atom. The first-order valence-electron chi connectivity index (χ1n) is 3.60. The number of nitrogens with one attached hydrogen (secondary N) is 1. The van der Waals surface area contributed by atoms with Crippen LogP contribution in [0, 0.1) is 0 Å². The number of rotatable bonds is 4. The van der Waals surface area contributed by atoms with Crippen LogP contribution in [0.5, 0.6) is 0 Å². The minimum Gasteiger partial charge on any atom is -0.466 e. The lowest BCUT2D eigenvalue weighted by Gasteiger charge is -2.13.